The number of aromatic amines is 1. The topological polar surface area (TPSA) is 104 Å². The van der Waals surface area contributed by atoms with Gasteiger partial charge in [0.05, 0.1) is 30.7 Å². The molecule has 0 radical (unpaired) electrons. The zero-order chi connectivity index (χ0) is 23.9. The van der Waals surface area contributed by atoms with Gasteiger partial charge in [0.15, 0.2) is 0 Å². The van der Waals surface area contributed by atoms with Gasteiger partial charge in [-0.25, -0.2) is 4.98 Å². The number of hydrogen-bond acceptors (Lipinski definition) is 6. The minimum absolute atomic E-state index is 0.0954. The van der Waals surface area contributed by atoms with Gasteiger partial charge in [0.25, 0.3) is 5.56 Å². The first-order valence-corrected chi connectivity index (χ1v) is 11.5. The van der Waals surface area contributed by atoms with Gasteiger partial charge in [-0.1, -0.05) is 23.7 Å². The van der Waals surface area contributed by atoms with Crippen molar-refractivity contribution in [2.24, 2.45) is 0 Å². The van der Waals surface area contributed by atoms with Crippen LogP contribution in [0.3, 0.4) is 0 Å². The lowest BCUT2D eigenvalue weighted by Crippen LogP contribution is -2.23. The van der Waals surface area contributed by atoms with Crippen molar-refractivity contribution in [2.75, 3.05) is 7.11 Å². The summed E-state index contributed by atoms with van der Waals surface area (Å²) in [6.07, 6.45) is 4.84. The molecule has 4 heterocycles. The molecule has 0 aliphatic carbocycles. The van der Waals surface area contributed by atoms with Crippen molar-refractivity contribution < 1.29 is 4.74 Å². The molecule has 0 saturated heterocycles. The van der Waals surface area contributed by atoms with Gasteiger partial charge >= 0.3 is 0 Å². The number of tetrazole rings is 1. The van der Waals surface area contributed by atoms with E-state index in [9.17, 15) is 4.79 Å². The van der Waals surface area contributed by atoms with Gasteiger partial charge in [-0.15, -0.1) is 5.10 Å². The molecule has 0 unspecified atom stereocenters. The van der Waals surface area contributed by atoms with E-state index in [1.807, 2.05) is 47.0 Å². The summed E-state index contributed by atoms with van der Waals surface area (Å²) in [5.41, 5.74) is 4.99. The van der Waals surface area contributed by atoms with E-state index in [-0.39, 0.29) is 11.6 Å². The first kappa shape index (κ1) is 21.3. The highest BCUT2D eigenvalue weighted by molar-refractivity contribution is 6.31. The minimum atomic E-state index is -0.163. The second-order valence-electron chi connectivity index (χ2n) is 8.33. The molecular formula is C25H20ClN7O2. The maximum atomic E-state index is 13.4. The van der Waals surface area contributed by atoms with Gasteiger partial charge in [-0.3, -0.25) is 4.79 Å². The van der Waals surface area contributed by atoms with Crippen molar-refractivity contribution in [3.63, 3.8) is 0 Å². The number of benzene rings is 2. The van der Waals surface area contributed by atoms with Gasteiger partial charge in [0.2, 0.25) is 0 Å². The van der Waals surface area contributed by atoms with Gasteiger partial charge in [0.1, 0.15) is 17.9 Å². The fourth-order valence-electron chi connectivity index (χ4n) is 4.66. The first-order chi connectivity index (χ1) is 17.1. The summed E-state index contributed by atoms with van der Waals surface area (Å²) in [4.78, 5) is 21.4. The van der Waals surface area contributed by atoms with Crippen molar-refractivity contribution in [2.45, 2.75) is 18.9 Å². The van der Waals surface area contributed by atoms with E-state index in [0.29, 0.717) is 5.02 Å². The summed E-state index contributed by atoms with van der Waals surface area (Å²) in [7, 11) is 1.64. The SMILES string of the molecule is COc1cccc(-c2cnc([C@@H]3CCc4cc(-c5cc(Cl)ccc5-n5cnnn5)cc(=O)n43)[nH]2)c1. The van der Waals surface area contributed by atoms with Crippen LogP contribution in [0.15, 0.2) is 71.9 Å². The van der Waals surface area contributed by atoms with Gasteiger partial charge < -0.3 is 14.3 Å². The molecular weight excluding hydrogens is 466 g/mol. The van der Waals surface area contributed by atoms with Crippen LogP contribution in [-0.2, 0) is 6.42 Å². The van der Waals surface area contributed by atoms with Crippen LogP contribution in [0.1, 0.15) is 24.0 Å². The molecule has 35 heavy (non-hydrogen) atoms. The molecule has 5 aromatic rings. The number of nitrogens with zero attached hydrogens (tertiary/aromatic N) is 6. The lowest BCUT2D eigenvalue weighted by molar-refractivity contribution is 0.415. The number of halogens is 1. The van der Waals surface area contributed by atoms with E-state index in [4.69, 9.17) is 16.3 Å². The molecule has 6 rings (SSSR count). The number of rotatable bonds is 5. The number of pyridine rings is 1. The van der Waals surface area contributed by atoms with E-state index in [2.05, 4.69) is 25.5 Å². The number of methoxy groups -OCH3 is 1. The van der Waals surface area contributed by atoms with Gasteiger partial charge in [-0.05, 0) is 65.2 Å². The molecule has 10 heteroatoms. The molecule has 0 saturated carbocycles. The van der Waals surface area contributed by atoms with Gasteiger partial charge in [0, 0.05) is 27.9 Å². The largest absolute Gasteiger partial charge is 0.497 e. The third-order valence-corrected chi connectivity index (χ3v) is 6.53. The van der Waals surface area contributed by atoms with Crippen molar-refractivity contribution in [3.8, 4) is 33.8 Å². The molecule has 174 valence electrons. The molecule has 0 fully saturated rings. The van der Waals surface area contributed by atoms with Crippen LogP contribution in [0, 0.1) is 0 Å². The van der Waals surface area contributed by atoms with Crippen LogP contribution in [0.2, 0.25) is 5.02 Å². The standard InChI is InChI=1S/C25H20ClN7O2/c1-35-19-4-2-3-15(10-19)21-13-27-25(29-21)23-8-6-18-9-16(11-24(34)33(18)23)20-12-17(26)5-7-22(20)32-14-28-30-31-32/h2-5,7,9-14,23H,6,8H2,1H3,(H,27,29)/t23-/m0/s1. The van der Waals surface area contributed by atoms with Gasteiger partial charge in [-0.2, -0.15) is 4.68 Å². The summed E-state index contributed by atoms with van der Waals surface area (Å²) < 4.78 is 8.71. The molecule has 9 nitrogen and oxygen atoms in total. The monoisotopic (exact) mass is 485 g/mol. The maximum Gasteiger partial charge on any atom is 0.252 e. The van der Waals surface area contributed by atoms with E-state index in [0.717, 1.165) is 58.2 Å². The molecule has 1 aliphatic heterocycles. The predicted molar refractivity (Wildman–Crippen MR) is 131 cm³/mol. The van der Waals surface area contributed by atoms with Crippen LogP contribution in [0.25, 0.3) is 28.1 Å². The Hall–Kier alpha value is -4.24. The number of ether oxygens (including phenoxy) is 1. The van der Waals surface area contributed by atoms with Crippen LogP contribution in [0.5, 0.6) is 5.75 Å². The molecule has 0 amide bonds. The Morgan fingerprint density at radius 3 is 2.86 bits per heavy atom. The minimum Gasteiger partial charge on any atom is -0.497 e. The third kappa shape index (κ3) is 3.79. The smallest absolute Gasteiger partial charge is 0.252 e. The average Bonchev–Trinajstić information content (AvgIpc) is 3.64. The quantitative estimate of drug-likeness (QED) is 0.402. The summed E-state index contributed by atoms with van der Waals surface area (Å²) in [6, 6.07) is 16.7. The van der Waals surface area contributed by atoms with Crippen molar-refractivity contribution >= 4 is 11.6 Å². The number of H-pyrrole nitrogens is 1. The Kier molecular flexibility index (Phi) is 5.18. The third-order valence-electron chi connectivity index (χ3n) is 6.29. The zero-order valence-corrected chi connectivity index (χ0v) is 19.5. The maximum absolute atomic E-state index is 13.4. The van der Waals surface area contributed by atoms with E-state index in [1.54, 1.807) is 30.1 Å². The van der Waals surface area contributed by atoms with E-state index < -0.39 is 0 Å². The molecule has 0 bridgehead atoms. The van der Waals surface area contributed by atoms with Crippen LogP contribution in [-0.4, -0.2) is 41.9 Å². The second-order valence-corrected chi connectivity index (χ2v) is 8.76. The highest BCUT2D eigenvalue weighted by atomic mass is 35.5. The van der Waals surface area contributed by atoms with Crippen LogP contribution >= 0.6 is 11.6 Å². The summed E-state index contributed by atoms with van der Waals surface area (Å²) >= 11 is 6.30. The fraction of sp³-hybridized carbons (Fsp3) is 0.160. The van der Waals surface area contributed by atoms with Crippen LogP contribution in [0.4, 0.5) is 0 Å². The Labute approximate surface area is 205 Å². The Morgan fingerprint density at radius 2 is 2.03 bits per heavy atom. The molecule has 1 N–H and O–H groups in total. The molecule has 0 spiro atoms. The highest BCUT2D eigenvalue weighted by Gasteiger charge is 2.28. The molecule has 1 atom stereocenters. The number of imidazole rings is 1. The molecule has 1 aliphatic rings. The fourth-order valence-corrected chi connectivity index (χ4v) is 4.84. The van der Waals surface area contributed by atoms with Crippen LogP contribution < -0.4 is 10.3 Å². The van der Waals surface area contributed by atoms with E-state index in [1.165, 1.54) is 6.33 Å². The average molecular weight is 486 g/mol. The zero-order valence-electron chi connectivity index (χ0n) is 18.7. The Bertz CT molecular complexity index is 1590. The number of nitrogens with one attached hydrogen (secondary N) is 1. The number of fused-ring (bicyclic) bond motifs is 1. The lowest BCUT2D eigenvalue weighted by Gasteiger charge is -2.15. The Morgan fingerprint density at radius 1 is 1.11 bits per heavy atom. The Balaban J connectivity index is 1.38. The summed E-state index contributed by atoms with van der Waals surface area (Å²) in [5.74, 6) is 1.53. The summed E-state index contributed by atoms with van der Waals surface area (Å²) in [6.45, 7) is 0. The number of aryl methyl sites for hydroxylation is 1. The molecule has 3 aromatic heterocycles. The second kappa shape index (κ2) is 8.52. The van der Waals surface area contributed by atoms with E-state index >= 15 is 0 Å². The predicted octanol–water partition coefficient (Wildman–Crippen LogP) is 4.08. The molecule has 2 aromatic carbocycles. The van der Waals surface area contributed by atoms with Crippen molar-refractivity contribution in [1.82, 2.24) is 34.7 Å². The summed E-state index contributed by atoms with van der Waals surface area (Å²) in [5, 5.41) is 12.0. The normalized spacial score (nSPS) is 14.7. The lowest BCUT2D eigenvalue weighted by atomic mass is 10.0. The van der Waals surface area contributed by atoms with Crippen molar-refractivity contribution in [1.29, 1.82) is 0 Å². The first-order valence-electron chi connectivity index (χ1n) is 11.1. The number of hydrogen-bond donors (Lipinski definition) is 1. The van der Waals surface area contributed by atoms with Crippen molar-refractivity contribution in [3.05, 3.63) is 94.0 Å². The highest BCUT2D eigenvalue weighted by Crippen LogP contribution is 2.34. The number of aromatic nitrogens is 7.